The number of H-pyrrole nitrogens is 1. The summed E-state index contributed by atoms with van der Waals surface area (Å²) in [7, 11) is 0. The van der Waals surface area contributed by atoms with Crippen LogP contribution in [0.5, 0.6) is 0 Å². The average Bonchev–Trinajstić information content (AvgIpc) is 2.94. The third kappa shape index (κ3) is 2.37. The maximum absolute atomic E-state index is 5.34. The van der Waals surface area contributed by atoms with Gasteiger partial charge in [0, 0.05) is 19.6 Å². The van der Waals surface area contributed by atoms with Gasteiger partial charge in [-0.25, -0.2) is 4.98 Å². The number of rotatable bonds is 4. The molecule has 0 amide bonds. The Bertz CT molecular complexity index is 575. The Morgan fingerprint density at radius 3 is 3.05 bits per heavy atom. The van der Waals surface area contributed by atoms with E-state index in [1.807, 2.05) is 0 Å². The Labute approximate surface area is 110 Å². The molecule has 2 N–H and O–H groups in total. The quantitative estimate of drug-likeness (QED) is 0.791. The first-order valence-electron chi connectivity index (χ1n) is 6.27. The van der Waals surface area contributed by atoms with Crippen molar-refractivity contribution in [2.75, 3.05) is 43.1 Å². The van der Waals surface area contributed by atoms with Crippen molar-refractivity contribution in [1.82, 2.24) is 19.9 Å². The molecule has 3 heterocycles. The van der Waals surface area contributed by atoms with Crippen LogP contribution in [0, 0.1) is 0 Å². The van der Waals surface area contributed by atoms with E-state index in [-0.39, 0.29) is 0 Å². The summed E-state index contributed by atoms with van der Waals surface area (Å²) in [6, 6.07) is 0. The van der Waals surface area contributed by atoms with E-state index in [9.17, 15) is 0 Å². The Morgan fingerprint density at radius 1 is 1.42 bits per heavy atom. The third-order valence-corrected chi connectivity index (χ3v) is 2.98. The Balaban J connectivity index is 1.97. The first-order valence-corrected chi connectivity index (χ1v) is 6.27. The molecule has 1 aliphatic heterocycles. The van der Waals surface area contributed by atoms with Gasteiger partial charge in [-0.2, -0.15) is 9.97 Å². The minimum absolute atomic E-state index is 0.647. The average molecular weight is 260 g/mol. The standard InChI is InChI=1S/C12H16N6O/c1-2-3-13-10-9-11(15-8-14-9)17-12(16-10)18-4-6-19-7-5-18/h2,8H,1,3-7H2,(H2,13,14,15,16,17). The van der Waals surface area contributed by atoms with Crippen LogP contribution < -0.4 is 10.2 Å². The van der Waals surface area contributed by atoms with Crippen molar-refractivity contribution in [2.24, 2.45) is 0 Å². The van der Waals surface area contributed by atoms with Gasteiger partial charge in [-0.05, 0) is 0 Å². The second-order valence-electron chi connectivity index (χ2n) is 4.24. The molecule has 0 unspecified atom stereocenters. The normalized spacial score (nSPS) is 15.7. The predicted molar refractivity (Wildman–Crippen MR) is 73.4 cm³/mol. The van der Waals surface area contributed by atoms with Crippen molar-refractivity contribution in [3.8, 4) is 0 Å². The number of imidazole rings is 1. The number of anilines is 2. The first-order chi connectivity index (χ1) is 9.38. The zero-order valence-electron chi connectivity index (χ0n) is 10.6. The van der Waals surface area contributed by atoms with Crippen molar-refractivity contribution >= 4 is 22.9 Å². The fourth-order valence-corrected chi connectivity index (χ4v) is 2.02. The van der Waals surface area contributed by atoms with Crippen molar-refractivity contribution < 1.29 is 4.74 Å². The summed E-state index contributed by atoms with van der Waals surface area (Å²) in [5.41, 5.74) is 1.49. The van der Waals surface area contributed by atoms with Crippen LogP contribution in [0.1, 0.15) is 0 Å². The summed E-state index contributed by atoms with van der Waals surface area (Å²) < 4.78 is 5.34. The van der Waals surface area contributed by atoms with E-state index in [0.717, 1.165) is 24.4 Å². The number of hydrogen-bond acceptors (Lipinski definition) is 6. The number of hydrogen-bond donors (Lipinski definition) is 2. The van der Waals surface area contributed by atoms with Crippen molar-refractivity contribution in [1.29, 1.82) is 0 Å². The molecule has 0 radical (unpaired) electrons. The lowest BCUT2D eigenvalue weighted by Gasteiger charge is -2.26. The molecule has 19 heavy (non-hydrogen) atoms. The second kappa shape index (κ2) is 5.23. The highest BCUT2D eigenvalue weighted by Crippen LogP contribution is 2.21. The number of aromatic nitrogens is 4. The molecule has 1 saturated heterocycles. The molecule has 0 spiro atoms. The largest absolute Gasteiger partial charge is 0.378 e. The molecular weight excluding hydrogens is 244 g/mol. The number of morpholine rings is 1. The van der Waals surface area contributed by atoms with Gasteiger partial charge in [0.2, 0.25) is 5.95 Å². The number of fused-ring (bicyclic) bond motifs is 1. The summed E-state index contributed by atoms with van der Waals surface area (Å²) >= 11 is 0. The maximum Gasteiger partial charge on any atom is 0.229 e. The monoisotopic (exact) mass is 260 g/mol. The maximum atomic E-state index is 5.34. The van der Waals surface area contributed by atoms with E-state index < -0.39 is 0 Å². The third-order valence-electron chi connectivity index (χ3n) is 2.98. The number of nitrogens with one attached hydrogen (secondary N) is 2. The predicted octanol–water partition coefficient (Wildman–Crippen LogP) is 0.787. The highest BCUT2D eigenvalue weighted by Gasteiger charge is 2.17. The molecule has 0 saturated carbocycles. The topological polar surface area (TPSA) is 79.0 Å². The lowest BCUT2D eigenvalue weighted by atomic mass is 10.4. The Morgan fingerprint density at radius 2 is 2.26 bits per heavy atom. The Kier molecular flexibility index (Phi) is 3.28. The van der Waals surface area contributed by atoms with E-state index in [2.05, 4.69) is 36.7 Å². The summed E-state index contributed by atoms with van der Waals surface area (Å²) in [6.45, 7) is 7.36. The number of ether oxygens (including phenoxy) is 1. The van der Waals surface area contributed by atoms with E-state index in [4.69, 9.17) is 4.74 Å². The minimum atomic E-state index is 0.647. The molecule has 0 aliphatic carbocycles. The zero-order valence-corrected chi connectivity index (χ0v) is 10.6. The van der Waals surface area contributed by atoms with E-state index in [1.54, 1.807) is 12.4 Å². The molecule has 7 heteroatoms. The fourth-order valence-electron chi connectivity index (χ4n) is 2.02. The van der Waals surface area contributed by atoms with Gasteiger partial charge in [-0.15, -0.1) is 6.58 Å². The molecule has 2 aromatic rings. The SMILES string of the molecule is C=CCNc1nc(N2CCOCC2)nc2nc[nH]c12. The van der Waals surface area contributed by atoms with E-state index >= 15 is 0 Å². The number of aromatic amines is 1. The molecule has 100 valence electrons. The molecule has 0 atom stereocenters. The van der Waals surface area contributed by atoms with Gasteiger partial charge in [-0.1, -0.05) is 6.08 Å². The lowest BCUT2D eigenvalue weighted by Crippen LogP contribution is -2.37. The van der Waals surface area contributed by atoms with Gasteiger partial charge in [-0.3, -0.25) is 0 Å². The number of nitrogens with zero attached hydrogens (tertiary/aromatic N) is 4. The van der Waals surface area contributed by atoms with E-state index in [1.165, 1.54) is 0 Å². The summed E-state index contributed by atoms with van der Waals surface area (Å²) in [6.07, 6.45) is 3.42. The molecule has 1 aliphatic rings. The zero-order chi connectivity index (χ0) is 13.1. The van der Waals surface area contributed by atoms with Crippen LogP contribution in [0.15, 0.2) is 19.0 Å². The minimum Gasteiger partial charge on any atom is -0.378 e. The summed E-state index contributed by atoms with van der Waals surface area (Å²) in [5.74, 6) is 1.44. The summed E-state index contributed by atoms with van der Waals surface area (Å²) in [4.78, 5) is 18.4. The summed E-state index contributed by atoms with van der Waals surface area (Å²) in [5, 5.41) is 3.20. The van der Waals surface area contributed by atoms with Gasteiger partial charge in [0.05, 0.1) is 19.5 Å². The van der Waals surface area contributed by atoms with Crippen molar-refractivity contribution in [3.05, 3.63) is 19.0 Å². The smallest absolute Gasteiger partial charge is 0.229 e. The Hall–Kier alpha value is -2.15. The molecule has 0 bridgehead atoms. The van der Waals surface area contributed by atoms with Crippen molar-refractivity contribution in [2.45, 2.75) is 0 Å². The molecule has 0 aromatic carbocycles. The van der Waals surface area contributed by atoms with Crippen LogP contribution in [0.25, 0.3) is 11.2 Å². The van der Waals surface area contributed by atoms with Gasteiger partial charge < -0.3 is 19.9 Å². The van der Waals surface area contributed by atoms with E-state index in [0.29, 0.717) is 31.4 Å². The fraction of sp³-hybridized carbons (Fsp3) is 0.417. The first kappa shape index (κ1) is 11.9. The van der Waals surface area contributed by atoms with Crippen LogP contribution in [-0.4, -0.2) is 52.8 Å². The van der Waals surface area contributed by atoms with Crippen LogP contribution in [0.4, 0.5) is 11.8 Å². The van der Waals surface area contributed by atoms with Gasteiger partial charge >= 0.3 is 0 Å². The van der Waals surface area contributed by atoms with Gasteiger partial charge in [0.15, 0.2) is 11.5 Å². The molecule has 3 rings (SSSR count). The van der Waals surface area contributed by atoms with Crippen LogP contribution in [0.2, 0.25) is 0 Å². The highest BCUT2D eigenvalue weighted by atomic mass is 16.5. The van der Waals surface area contributed by atoms with Gasteiger partial charge in [0.25, 0.3) is 0 Å². The highest BCUT2D eigenvalue weighted by molar-refractivity contribution is 5.83. The van der Waals surface area contributed by atoms with Gasteiger partial charge in [0.1, 0.15) is 5.52 Å². The molecule has 2 aromatic heterocycles. The molecule has 1 fully saturated rings. The molecule has 7 nitrogen and oxygen atoms in total. The van der Waals surface area contributed by atoms with Crippen LogP contribution in [-0.2, 0) is 4.74 Å². The van der Waals surface area contributed by atoms with Crippen molar-refractivity contribution in [3.63, 3.8) is 0 Å². The van der Waals surface area contributed by atoms with Crippen LogP contribution in [0.3, 0.4) is 0 Å². The second-order valence-corrected chi connectivity index (χ2v) is 4.24. The lowest BCUT2D eigenvalue weighted by molar-refractivity contribution is 0.122. The van der Waals surface area contributed by atoms with Crippen LogP contribution >= 0.6 is 0 Å². The molecular formula is C12H16N6O.